The number of aliphatic hydroxyl groups is 1. The van der Waals surface area contributed by atoms with Crippen LogP contribution >= 0.6 is 11.6 Å². The molecule has 0 aromatic heterocycles. The maximum Gasteiger partial charge on any atom is 0.295 e. The Morgan fingerprint density at radius 1 is 1.18 bits per heavy atom. The molecule has 0 bridgehead atoms. The van der Waals surface area contributed by atoms with Crippen LogP contribution in [0.15, 0.2) is 42.0 Å². The minimum atomic E-state index is -0.876. The number of aliphatic hydroxyl groups excluding tert-OH is 1. The number of ketones is 1. The standard InChI is InChI=1S/C25H28ClNO6/c1-14(2)33-19-9-7-6-8-16(19)21-20(23(29)25(30)27(21)10-11-31-4)22(28)17-12-15(3)13-18(26)24(17)32-5/h6-9,12-14,21,28H,10-11H2,1-5H3/b22-20+. The zero-order valence-electron chi connectivity index (χ0n) is 19.3. The molecule has 1 fully saturated rings. The third kappa shape index (κ3) is 4.84. The number of rotatable bonds is 8. The summed E-state index contributed by atoms with van der Waals surface area (Å²) in [6, 6.07) is 9.64. The average molecular weight is 474 g/mol. The second kappa shape index (κ2) is 10.3. The van der Waals surface area contributed by atoms with E-state index in [2.05, 4.69) is 0 Å². The van der Waals surface area contributed by atoms with Crippen LogP contribution in [0, 0.1) is 6.92 Å². The number of ether oxygens (including phenoxy) is 3. The Hall–Kier alpha value is -3.03. The first-order valence-corrected chi connectivity index (χ1v) is 11.0. The molecule has 1 aliphatic rings. The highest BCUT2D eigenvalue weighted by atomic mass is 35.5. The number of hydrogen-bond acceptors (Lipinski definition) is 6. The Morgan fingerprint density at radius 3 is 2.52 bits per heavy atom. The van der Waals surface area contributed by atoms with Crippen molar-refractivity contribution in [2.75, 3.05) is 27.4 Å². The summed E-state index contributed by atoms with van der Waals surface area (Å²) in [4.78, 5) is 27.6. The highest BCUT2D eigenvalue weighted by Gasteiger charge is 2.47. The molecule has 0 spiro atoms. The molecular formula is C25H28ClNO6. The van der Waals surface area contributed by atoms with E-state index in [9.17, 15) is 14.7 Å². The Bertz CT molecular complexity index is 1090. The molecule has 1 N–H and O–H groups in total. The number of hydrogen-bond donors (Lipinski definition) is 1. The molecular weight excluding hydrogens is 446 g/mol. The van der Waals surface area contributed by atoms with Crippen LogP contribution in [0.2, 0.25) is 5.02 Å². The normalized spacial score (nSPS) is 17.7. The first-order valence-electron chi connectivity index (χ1n) is 10.6. The van der Waals surface area contributed by atoms with Crippen molar-refractivity contribution in [1.29, 1.82) is 0 Å². The lowest BCUT2D eigenvalue weighted by atomic mass is 9.94. The highest BCUT2D eigenvalue weighted by molar-refractivity contribution is 6.46. The first-order chi connectivity index (χ1) is 15.7. The number of nitrogens with zero attached hydrogens (tertiary/aromatic N) is 1. The van der Waals surface area contributed by atoms with Crippen LogP contribution < -0.4 is 9.47 Å². The smallest absolute Gasteiger partial charge is 0.295 e. The van der Waals surface area contributed by atoms with Gasteiger partial charge in [-0.1, -0.05) is 29.8 Å². The van der Waals surface area contributed by atoms with Gasteiger partial charge in [-0.15, -0.1) is 0 Å². The second-order valence-corrected chi connectivity index (χ2v) is 8.42. The van der Waals surface area contributed by atoms with Crippen molar-refractivity contribution in [1.82, 2.24) is 4.90 Å². The van der Waals surface area contributed by atoms with Gasteiger partial charge in [0.25, 0.3) is 11.7 Å². The van der Waals surface area contributed by atoms with Crippen molar-refractivity contribution >= 4 is 29.1 Å². The van der Waals surface area contributed by atoms with Gasteiger partial charge in [0.05, 0.1) is 42.0 Å². The lowest BCUT2D eigenvalue weighted by molar-refractivity contribution is -0.140. The summed E-state index contributed by atoms with van der Waals surface area (Å²) in [5.41, 5.74) is 1.52. The molecule has 1 unspecified atom stereocenters. The quantitative estimate of drug-likeness (QED) is 0.345. The van der Waals surface area contributed by atoms with Crippen LogP contribution in [-0.2, 0) is 14.3 Å². The van der Waals surface area contributed by atoms with Crippen molar-refractivity contribution in [3.8, 4) is 11.5 Å². The van der Waals surface area contributed by atoms with Crippen LogP contribution in [0.3, 0.4) is 0 Å². The third-order valence-corrected chi connectivity index (χ3v) is 5.58. The summed E-state index contributed by atoms with van der Waals surface area (Å²) >= 11 is 6.33. The summed E-state index contributed by atoms with van der Waals surface area (Å²) < 4.78 is 16.5. The van der Waals surface area contributed by atoms with Gasteiger partial charge < -0.3 is 24.2 Å². The monoisotopic (exact) mass is 473 g/mol. The number of aryl methyl sites for hydroxylation is 1. The molecule has 176 valence electrons. The number of Topliss-reactive ketones (excluding diaryl/α,β-unsaturated/α-hetero) is 1. The number of amides is 1. The summed E-state index contributed by atoms with van der Waals surface area (Å²) in [6.45, 7) is 5.96. The molecule has 1 amide bonds. The molecule has 7 nitrogen and oxygen atoms in total. The third-order valence-electron chi connectivity index (χ3n) is 5.30. The van der Waals surface area contributed by atoms with E-state index in [4.69, 9.17) is 25.8 Å². The van der Waals surface area contributed by atoms with Gasteiger partial charge in [0.15, 0.2) is 0 Å². The maximum atomic E-state index is 13.2. The summed E-state index contributed by atoms with van der Waals surface area (Å²) in [5, 5.41) is 11.7. The number of halogens is 1. The zero-order chi connectivity index (χ0) is 24.3. The van der Waals surface area contributed by atoms with Crippen molar-refractivity contribution in [3.63, 3.8) is 0 Å². The highest BCUT2D eigenvalue weighted by Crippen LogP contribution is 2.44. The number of methoxy groups -OCH3 is 2. The van der Waals surface area contributed by atoms with E-state index in [1.54, 1.807) is 30.3 Å². The van der Waals surface area contributed by atoms with Gasteiger partial charge in [-0.3, -0.25) is 9.59 Å². The van der Waals surface area contributed by atoms with Crippen LogP contribution in [0.1, 0.15) is 36.6 Å². The predicted molar refractivity (Wildman–Crippen MR) is 126 cm³/mol. The minimum Gasteiger partial charge on any atom is -0.507 e. The van der Waals surface area contributed by atoms with E-state index in [0.29, 0.717) is 11.3 Å². The summed E-state index contributed by atoms with van der Waals surface area (Å²) in [6.07, 6.45) is -0.136. The number of benzene rings is 2. The molecule has 0 saturated carbocycles. The lowest BCUT2D eigenvalue weighted by Crippen LogP contribution is -2.33. The molecule has 8 heteroatoms. The molecule has 2 aromatic rings. The van der Waals surface area contributed by atoms with Crippen LogP contribution in [0.25, 0.3) is 5.76 Å². The van der Waals surface area contributed by atoms with Crippen LogP contribution in [0.4, 0.5) is 0 Å². The largest absolute Gasteiger partial charge is 0.507 e. The summed E-state index contributed by atoms with van der Waals surface area (Å²) in [5.74, 6) is -1.15. The Balaban J connectivity index is 2.30. The fourth-order valence-electron chi connectivity index (χ4n) is 3.95. The molecule has 0 radical (unpaired) electrons. The lowest BCUT2D eigenvalue weighted by Gasteiger charge is -2.27. The molecule has 3 rings (SSSR count). The van der Waals surface area contributed by atoms with E-state index < -0.39 is 17.7 Å². The SMILES string of the molecule is COCCN1C(=O)C(=O)/C(=C(/O)c2cc(C)cc(Cl)c2OC)C1c1ccccc1OC(C)C. The Labute approximate surface area is 198 Å². The van der Waals surface area contributed by atoms with Crippen molar-refractivity contribution in [3.05, 3.63) is 63.7 Å². The van der Waals surface area contributed by atoms with E-state index in [0.717, 1.165) is 5.56 Å². The molecule has 0 aliphatic carbocycles. The predicted octanol–water partition coefficient (Wildman–Crippen LogP) is 4.51. The van der Waals surface area contributed by atoms with Gasteiger partial charge in [0.2, 0.25) is 0 Å². The maximum absolute atomic E-state index is 13.2. The van der Waals surface area contributed by atoms with Gasteiger partial charge in [-0.05, 0) is 44.5 Å². The zero-order valence-corrected chi connectivity index (χ0v) is 20.1. The van der Waals surface area contributed by atoms with E-state index in [1.807, 2.05) is 26.8 Å². The van der Waals surface area contributed by atoms with Crippen LogP contribution in [-0.4, -0.2) is 55.2 Å². The molecule has 1 heterocycles. The Kier molecular flexibility index (Phi) is 7.66. The molecule has 1 atom stereocenters. The number of likely N-dealkylation sites (tertiary alicyclic amines) is 1. The van der Waals surface area contributed by atoms with E-state index in [-0.39, 0.29) is 46.9 Å². The van der Waals surface area contributed by atoms with Gasteiger partial charge in [0.1, 0.15) is 17.3 Å². The summed E-state index contributed by atoms with van der Waals surface area (Å²) in [7, 11) is 2.94. The van der Waals surface area contributed by atoms with Crippen LogP contribution in [0.5, 0.6) is 11.5 Å². The van der Waals surface area contributed by atoms with Crippen molar-refractivity contribution < 1.29 is 28.9 Å². The van der Waals surface area contributed by atoms with Gasteiger partial charge >= 0.3 is 0 Å². The number of para-hydroxylation sites is 1. The average Bonchev–Trinajstić information content (AvgIpc) is 3.01. The fraction of sp³-hybridized carbons (Fsp3) is 0.360. The first kappa shape index (κ1) is 24.6. The molecule has 33 heavy (non-hydrogen) atoms. The topological polar surface area (TPSA) is 85.3 Å². The molecule has 1 saturated heterocycles. The Morgan fingerprint density at radius 2 is 1.88 bits per heavy atom. The van der Waals surface area contributed by atoms with Gasteiger partial charge in [-0.2, -0.15) is 0 Å². The molecule has 2 aromatic carbocycles. The fourth-order valence-corrected chi connectivity index (χ4v) is 4.30. The molecule has 1 aliphatic heterocycles. The second-order valence-electron chi connectivity index (χ2n) is 8.02. The van der Waals surface area contributed by atoms with E-state index in [1.165, 1.54) is 19.1 Å². The van der Waals surface area contributed by atoms with E-state index >= 15 is 0 Å². The minimum absolute atomic E-state index is 0.0594. The number of carbonyl (C=O) groups is 2. The van der Waals surface area contributed by atoms with Crippen molar-refractivity contribution in [2.24, 2.45) is 0 Å². The van der Waals surface area contributed by atoms with Gasteiger partial charge in [-0.25, -0.2) is 0 Å². The van der Waals surface area contributed by atoms with Gasteiger partial charge in [0, 0.05) is 19.2 Å². The van der Waals surface area contributed by atoms with Crippen molar-refractivity contribution in [2.45, 2.75) is 32.9 Å². The number of carbonyl (C=O) groups excluding carboxylic acids is 2.